The molecular weight excluding hydrogens is 172 g/mol. The molecule has 1 aliphatic carbocycles. The van der Waals surface area contributed by atoms with Crippen LogP contribution in [0.15, 0.2) is 30.3 Å². The molecule has 0 aromatic heterocycles. The maximum atomic E-state index is 11.6. The van der Waals surface area contributed by atoms with Gasteiger partial charge in [0.2, 0.25) is 0 Å². The molecule has 1 aromatic carbocycles. The van der Waals surface area contributed by atoms with Crippen molar-refractivity contribution in [1.82, 2.24) is 0 Å². The monoisotopic (exact) mass is 188 g/mol. The summed E-state index contributed by atoms with van der Waals surface area (Å²) in [5.74, 6) is 1.19. The predicted molar refractivity (Wildman–Crippen MR) is 57.2 cm³/mol. The number of benzene rings is 1. The lowest BCUT2D eigenvalue weighted by atomic mass is 9.79. The molecule has 1 aliphatic rings. The molecule has 14 heavy (non-hydrogen) atoms. The van der Waals surface area contributed by atoms with Gasteiger partial charge in [-0.15, -0.1) is 0 Å². The van der Waals surface area contributed by atoms with Crippen LogP contribution in [-0.2, 0) is 4.79 Å². The largest absolute Gasteiger partial charge is 0.299 e. The molecule has 0 unspecified atom stereocenters. The van der Waals surface area contributed by atoms with Crippen molar-refractivity contribution in [3.8, 4) is 0 Å². The molecule has 1 aromatic rings. The van der Waals surface area contributed by atoms with E-state index >= 15 is 0 Å². The number of hydrogen-bond donors (Lipinski definition) is 0. The zero-order valence-electron chi connectivity index (χ0n) is 8.57. The number of carbonyl (C=O) groups excluding carboxylic acids is 1. The minimum Gasteiger partial charge on any atom is -0.299 e. The van der Waals surface area contributed by atoms with Crippen LogP contribution in [0.3, 0.4) is 0 Å². The lowest BCUT2D eigenvalue weighted by Crippen LogP contribution is -2.21. The number of ketones is 1. The first kappa shape index (κ1) is 9.45. The minimum absolute atomic E-state index is 0.287. The van der Waals surface area contributed by atoms with E-state index in [1.54, 1.807) is 0 Å². The van der Waals surface area contributed by atoms with E-state index in [4.69, 9.17) is 0 Å². The molecule has 1 heteroatoms. The molecule has 0 amide bonds. The summed E-state index contributed by atoms with van der Waals surface area (Å²) >= 11 is 0. The zero-order chi connectivity index (χ0) is 9.97. The highest BCUT2D eigenvalue weighted by molar-refractivity contribution is 5.82. The van der Waals surface area contributed by atoms with Gasteiger partial charge in [-0.25, -0.2) is 0 Å². The van der Waals surface area contributed by atoms with Crippen LogP contribution >= 0.6 is 0 Å². The van der Waals surface area contributed by atoms with Crippen LogP contribution in [-0.4, -0.2) is 5.78 Å². The molecule has 74 valence electrons. The molecule has 0 heterocycles. The predicted octanol–water partition coefficient (Wildman–Crippen LogP) is 3.16. The Bertz CT molecular complexity index is 315. The van der Waals surface area contributed by atoms with Gasteiger partial charge in [0.1, 0.15) is 5.78 Å². The van der Waals surface area contributed by atoms with Crippen LogP contribution in [0.25, 0.3) is 0 Å². The average Bonchev–Trinajstić information content (AvgIpc) is 2.23. The number of rotatable bonds is 1. The van der Waals surface area contributed by atoms with Crippen molar-refractivity contribution in [2.24, 2.45) is 5.92 Å². The van der Waals surface area contributed by atoms with Gasteiger partial charge in [0.15, 0.2) is 0 Å². The molecule has 1 saturated carbocycles. The van der Waals surface area contributed by atoms with Crippen LogP contribution in [0.5, 0.6) is 0 Å². The maximum absolute atomic E-state index is 11.6. The molecule has 0 saturated heterocycles. The Morgan fingerprint density at radius 1 is 1.14 bits per heavy atom. The summed E-state index contributed by atoms with van der Waals surface area (Å²) in [6.07, 6.45) is 2.96. The summed E-state index contributed by atoms with van der Waals surface area (Å²) < 4.78 is 0. The Morgan fingerprint density at radius 2 is 1.86 bits per heavy atom. The highest BCUT2D eigenvalue weighted by Gasteiger charge is 2.25. The van der Waals surface area contributed by atoms with Crippen molar-refractivity contribution < 1.29 is 4.79 Å². The average molecular weight is 188 g/mol. The van der Waals surface area contributed by atoms with Crippen molar-refractivity contribution in [3.05, 3.63) is 35.9 Å². The molecular formula is C13H16O. The van der Waals surface area contributed by atoms with E-state index in [9.17, 15) is 4.79 Å². The molecule has 2 rings (SSSR count). The van der Waals surface area contributed by atoms with Gasteiger partial charge in [-0.1, -0.05) is 37.3 Å². The highest BCUT2D eigenvalue weighted by Crippen LogP contribution is 2.33. The van der Waals surface area contributed by atoms with Crippen LogP contribution in [0.1, 0.15) is 37.7 Å². The first-order valence-corrected chi connectivity index (χ1v) is 5.35. The van der Waals surface area contributed by atoms with E-state index < -0.39 is 0 Å². The van der Waals surface area contributed by atoms with Gasteiger partial charge in [-0.05, 0) is 24.3 Å². The fourth-order valence-corrected chi connectivity index (χ4v) is 2.17. The highest BCUT2D eigenvalue weighted by atomic mass is 16.1. The topological polar surface area (TPSA) is 17.1 Å². The van der Waals surface area contributed by atoms with E-state index in [2.05, 4.69) is 24.3 Å². The lowest BCUT2D eigenvalue weighted by Gasteiger charge is -2.25. The zero-order valence-corrected chi connectivity index (χ0v) is 8.57. The second-order valence-electron chi connectivity index (χ2n) is 4.26. The second-order valence-corrected chi connectivity index (χ2v) is 4.26. The van der Waals surface area contributed by atoms with E-state index in [-0.39, 0.29) is 5.92 Å². The smallest absolute Gasteiger partial charge is 0.136 e. The normalized spacial score (nSPS) is 27.6. The summed E-state index contributed by atoms with van der Waals surface area (Å²) in [7, 11) is 0. The van der Waals surface area contributed by atoms with E-state index in [1.165, 1.54) is 5.56 Å². The van der Waals surface area contributed by atoms with Crippen molar-refractivity contribution in [3.63, 3.8) is 0 Å². The number of hydrogen-bond acceptors (Lipinski definition) is 1. The molecule has 0 bridgehead atoms. The van der Waals surface area contributed by atoms with E-state index in [0.29, 0.717) is 11.7 Å². The molecule has 1 fully saturated rings. The first-order valence-electron chi connectivity index (χ1n) is 5.35. The van der Waals surface area contributed by atoms with E-state index in [1.807, 2.05) is 13.0 Å². The lowest BCUT2D eigenvalue weighted by molar-refractivity contribution is -0.124. The molecule has 0 spiro atoms. The Morgan fingerprint density at radius 3 is 2.50 bits per heavy atom. The van der Waals surface area contributed by atoms with Crippen LogP contribution in [0.2, 0.25) is 0 Å². The Hall–Kier alpha value is -1.11. The van der Waals surface area contributed by atoms with Crippen molar-refractivity contribution in [1.29, 1.82) is 0 Å². The third-order valence-electron chi connectivity index (χ3n) is 3.22. The van der Waals surface area contributed by atoms with Gasteiger partial charge >= 0.3 is 0 Å². The van der Waals surface area contributed by atoms with Crippen molar-refractivity contribution in [2.45, 2.75) is 32.1 Å². The molecule has 0 N–H and O–H groups in total. The Kier molecular flexibility index (Phi) is 2.67. The summed E-state index contributed by atoms with van der Waals surface area (Å²) in [5, 5.41) is 0. The fraction of sp³-hybridized carbons (Fsp3) is 0.462. The van der Waals surface area contributed by atoms with Gasteiger partial charge in [0.25, 0.3) is 0 Å². The van der Waals surface area contributed by atoms with Gasteiger partial charge in [0, 0.05) is 12.3 Å². The van der Waals surface area contributed by atoms with Gasteiger partial charge < -0.3 is 0 Å². The van der Waals surface area contributed by atoms with Crippen LogP contribution in [0.4, 0.5) is 0 Å². The van der Waals surface area contributed by atoms with Gasteiger partial charge in [-0.2, -0.15) is 0 Å². The molecule has 0 aliphatic heterocycles. The third-order valence-corrected chi connectivity index (χ3v) is 3.22. The molecule has 1 nitrogen and oxygen atoms in total. The van der Waals surface area contributed by atoms with Gasteiger partial charge in [-0.3, -0.25) is 4.79 Å². The second kappa shape index (κ2) is 3.95. The minimum atomic E-state index is 0.287. The number of carbonyl (C=O) groups is 1. The van der Waals surface area contributed by atoms with Crippen molar-refractivity contribution >= 4 is 5.78 Å². The Balaban J connectivity index is 2.11. The molecule has 0 radical (unpaired) electrons. The quantitative estimate of drug-likeness (QED) is 0.661. The first-order chi connectivity index (χ1) is 6.77. The van der Waals surface area contributed by atoms with Crippen LogP contribution < -0.4 is 0 Å². The molecule has 2 atom stereocenters. The van der Waals surface area contributed by atoms with Crippen molar-refractivity contribution in [2.75, 3.05) is 0 Å². The number of Topliss-reactive ketones (excluding diaryl/α,β-unsaturated/α-hetero) is 1. The maximum Gasteiger partial charge on any atom is 0.136 e. The van der Waals surface area contributed by atoms with Crippen LogP contribution in [0, 0.1) is 5.92 Å². The summed E-state index contributed by atoms with van der Waals surface area (Å²) in [6.45, 7) is 2.05. The Labute approximate surface area is 85.1 Å². The fourth-order valence-electron chi connectivity index (χ4n) is 2.17. The summed E-state index contributed by atoms with van der Waals surface area (Å²) in [4.78, 5) is 11.6. The third kappa shape index (κ3) is 1.87. The SMILES string of the molecule is C[C@@H]1CC[C@@H](c2ccccc2)CC1=O. The standard InChI is InChI=1S/C13H16O/c1-10-7-8-12(9-13(10)14)11-5-3-2-4-6-11/h2-6,10,12H,7-9H2,1H3/t10-,12-/m1/s1. The summed E-state index contributed by atoms with van der Waals surface area (Å²) in [5.41, 5.74) is 1.33. The van der Waals surface area contributed by atoms with E-state index in [0.717, 1.165) is 19.3 Å². The summed E-state index contributed by atoms with van der Waals surface area (Å²) in [6, 6.07) is 10.4. The van der Waals surface area contributed by atoms with Gasteiger partial charge in [0.05, 0.1) is 0 Å².